The molecular formula is C23H31NO3. The average molecular weight is 370 g/mol. The van der Waals surface area contributed by atoms with E-state index in [0.29, 0.717) is 32.0 Å². The largest absolute Gasteiger partial charge is 0.490 e. The Bertz CT molecular complexity index is 768. The second-order valence-electron chi connectivity index (χ2n) is 6.89. The van der Waals surface area contributed by atoms with Gasteiger partial charge in [-0.3, -0.25) is 4.79 Å². The molecule has 0 bridgehead atoms. The SMILES string of the molecule is CCOc1ccc(CCC(=O)Nc2c(C)cccc2C(C)C)cc1OCC. The lowest BCUT2D eigenvalue weighted by Crippen LogP contribution is -2.15. The summed E-state index contributed by atoms with van der Waals surface area (Å²) in [6.45, 7) is 11.4. The first-order valence-corrected chi connectivity index (χ1v) is 9.74. The smallest absolute Gasteiger partial charge is 0.224 e. The van der Waals surface area contributed by atoms with Crippen molar-refractivity contribution >= 4 is 11.6 Å². The molecule has 2 aromatic rings. The first kappa shape index (κ1) is 20.8. The van der Waals surface area contributed by atoms with Crippen LogP contribution >= 0.6 is 0 Å². The molecule has 0 unspecified atom stereocenters. The second-order valence-corrected chi connectivity index (χ2v) is 6.89. The molecule has 0 radical (unpaired) electrons. The predicted octanol–water partition coefficient (Wildman–Crippen LogP) is 5.49. The number of rotatable bonds is 9. The molecular weight excluding hydrogens is 338 g/mol. The van der Waals surface area contributed by atoms with Crippen LogP contribution in [0.2, 0.25) is 0 Å². The van der Waals surface area contributed by atoms with Gasteiger partial charge in [0.25, 0.3) is 0 Å². The Morgan fingerprint density at radius 3 is 2.41 bits per heavy atom. The second kappa shape index (κ2) is 10.0. The van der Waals surface area contributed by atoms with Crippen molar-refractivity contribution in [2.75, 3.05) is 18.5 Å². The average Bonchev–Trinajstić information content (AvgIpc) is 2.63. The summed E-state index contributed by atoms with van der Waals surface area (Å²) in [6, 6.07) is 12.0. The Hall–Kier alpha value is -2.49. The van der Waals surface area contributed by atoms with Crippen LogP contribution in [0.1, 0.15) is 56.7 Å². The minimum absolute atomic E-state index is 0.0260. The summed E-state index contributed by atoms with van der Waals surface area (Å²) in [6.07, 6.45) is 1.08. The number of aryl methyl sites for hydroxylation is 2. The zero-order valence-corrected chi connectivity index (χ0v) is 17.1. The van der Waals surface area contributed by atoms with Crippen LogP contribution in [0.5, 0.6) is 11.5 Å². The number of hydrogen-bond donors (Lipinski definition) is 1. The lowest BCUT2D eigenvalue weighted by molar-refractivity contribution is -0.116. The fraction of sp³-hybridized carbons (Fsp3) is 0.435. The van der Waals surface area contributed by atoms with Crippen molar-refractivity contribution in [1.82, 2.24) is 0 Å². The van der Waals surface area contributed by atoms with E-state index >= 15 is 0 Å². The Labute approximate surface area is 162 Å². The van der Waals surface area contributed by atoms with Gasteiger partial charge in [-0.05, 0) is 61.9 Å². The normalized spacial score (nSPS) is 10.7. The molecule has 0 heterocycles. The molecule has 4 heteroatoms. The molecule has 146 valence electrons. The van der Waals surface area contributed by atoms with Crippen molar-refractivity contribution in [3.05, 3.63) is 53.1 Å². The molecule has 27 heavy (non-hydrogen) atoms. The van der Waals surface area contributed by atoms with Gasteiger partial charge in [-0.15, -0.1) is 0 Å². The predicted molar refractivity (Wildman–Crippen MR) is 111 cm³/mol. The molecule has 0 saturated carbocycles. The van der Waals surface area contributed by atoms with Crippen molar-refractivity contribution in [3.8, 4) is 11.5 Å². The molecule has 4 nitrogen and oxygen atoms in total. The third kappa shape index (κ3) is 5.75. The number of carbonyl (C=O) groups is 1. The number of nitrogens with one attached hydrogen (secondary N) is 1. The molecule has 0 aliphatic rings. The van der Waals surface area contributed by atoms with Gasteiger partial charge in [-0.2, -0.15) is 0 Å². The number of amides is 1. The third-order valence-corrected chi connectivity index (χ3v) is 4.44. The minimum Gasteiger partial charge on any atom is -0.490 e. The van der Waals surface area contributed by atoms with E-state index in [1.807, 2.05) is 51.1 Å². The van der Waals surface area contributed by atoms with E-state index < -0.39 is 0 Å². The zero-order chi connectivity index (χ0) is 19.8. The summed E-state index contributed by atoms with van der Waals surface area (Å²) in [5, 5.41) is 3.11. The molecule has 0 aliphatic heterocycles. The van der Waals surface area contributed by atoms with Crippen LogP contribution in [-0.2, 0) is 11.2 Å². The number of hydrogen-bond acceptors (Lipinski definition) is 3. The lowest BCUT2D eigenvalue weighted by Gasteiger charge is -2.16. The third-order valence-electron chi connectivity index (χ3n) is 4.44. The van der Waals surface area contributed by atoms with Gasteiger partial charge in [-0.1, -0.05) is 38.1 Å². The van der Waals surface area contributed by atoms with Gasteiger partial charge in [0.05, 0.1) is 13.2 Å². The van der Waals surface area contributed by atoms with E-state index in [0.717, 1.165) is 28.3 Å². The molecule has 0 fully saturated rings. The van der Waals surface area contributed by atoms with Crippen LogP contribution in [0.3, 0.4) is 0 Å². The Balaban J connectivity index is 2.05. The number of benzene rings is 2. The quantitative estimate of drug-likeness (QED) is 0.636. The highest BCUT2D eigenvalue weighted by Crippen LogP contribution is 2.30. The fourth-order valence-corrected chi connectivity index (χ4v) is 3.05. The number of para-hydroxylation sites is 1. The summed E-state index contributed by atoms with van der Waals surface area (Å²) in [7, 11) is 0. The van der Waals surface area contributed by atoms with Gasteiger partial charge in [0.1, 0.15) is 0 Å². The molecule has 2 aromatic carbocycles. The highest BCUT2D eigenvalue weighted by Gasteiger charge is 2.13. The van der Waals surface area contributed by atoms with E-state index in [9.17, 15) is 4.79 Å². The number of carbonyl (C=O) groups excluding carboxylic acids is 1. The highest BCUT2D eigenvalue weighted by atomic mass is 16.5. The monoisotopic (exact) mass is 369 g/mol. The van der Waals surface area contributed by atoms with Gasteiger partial charge in [0.2, 0.25) is 5.91 Å². The van der Waals surface area contributed by atoms with Gasteiger partial charge in [-0.25, -0.2) is 0 Å². The fourth-order valence-electron chi connectivity index (χ4n) is 3.05. The number of ether oxygens (including phenoxy) is 2. The van der Waals surface area contributed by atoms with Crippen LogP contribution in [0, 0.1) is 6.92 Å². The van der Waals surface area contributed by atoms with Crippen molar-refractivity contribution in [2.45, 2.75) is 53.4 Å². The first-order valence-electron chi connectivity index (χ1n) is 9.74. The van der Waals surface area contributed by atoms with Crippen LogP contribution < -0.4 is 14.8 Å². The van der Waals surface area contributed by atoms with Crippen molar-refractivity contribution in [2.24, 2.45) is 0 Å². The number of anilines is 1. The van der Waals surface area contributed by atoms with Gasteiger partial charge in [0, 0.05) is 12.1 Å². The molecule has 1 N–H and O–H groups in total. The topological polar surface area (TPSA) is 47.6 Å². The maximum Gasteiger partial charge on any atom is 0.224 e. The minimum atomic E-state index is 0.0260. The molecule has 0 saturated heterocycles. The Morgan fingerprint density at radius 2 is 1.74 bits per heavy atom. The molecule has 0 spiro atoms. The molecule has 0 atom stereocenters. The van der Waals surface area contributed by atoms with Crippen LogP contribution in [0.4, 0.5) is 5.69 Å². The van der Waals surface area contributed by atoms with Gasteiger partial charge in [0.15, 0.2) is 11.5 Å². The lowest BCUT2D eigenvalue weighted by atomic mass is 9.98. The van der Waals surface area contributed by atoms with E-state index in [2.05, 4.69) is 25.2 Å². The maximum atomic E-state index is 12.5. The van der Waals surface area contributed by atoms with Crippen LogP contribution in [-0.4, -0.2) is 19.1 Å². The van der Waals surface area contributed by atoms with E-state index in [-0.39, 0.29) is 5.91 Å². The Morgan fingerprint density at radius 1 is 1.04 bits per heavy atom. The standard InChI is InChI=1S/C23H31NO3/c1-6-26-20-13-11-18(15-21(20)27-7-2)12-14-22(25)24-23-17(5)9-8-10-19(23)16(3)4/h8-11,13,15-16H,6-7,12,14H2,1-5H3,(H,24,25). The molecule has 0 aromatic heterocycles. The van der Waals surface area contributed by atoms with Crippen LogP contribution in [0.25, 0.3) is 0 Å². The Kier molecular flexibility index (Phi) is 7.71. The molecule has 2 rings (SSSR count). The van der Waals surface area contributed by atoms with Gasteiger partial charge < -0.3 is 14.8 Å². The molecule has 0 aliphatic carbocycles. The summed E-state index contributed by atoms with van der Waals surface area (Å²) >= 11 is 0. The summed E-state index contributed by atoms with van der Waals surface area (Å²) in [4.78, 5) is 12.5. The van der Waals surface area contributed by atoms with E-state index in [1.54, 1.807) is 0 Å². The van der Waals surface area contributed by atoms with E-state index in [4.69, 9.17) is 9.47 Å². The van der Waals surface area contributed by atoms with Crippen molar-refractivity contribution < 1.29 is 14.3 Å². The van der Waals surface area contributed by atoms with Crippen molar-refractivity contribution in [1.29, 1.82) is 0 Å². The zero-order valence-electron chi connectivity index (χ0n) is 17.1. The maximum absolute atomic E-state index is 12.5. The summed E-state index contributed by atoms with van der Waals surface area (Å²) in [5.41, 5.74) is 4.27. The summed E-state index contributed by atoms with van der Waals surface area (Å²) < 4.78 is 11.3. The van der Waals surface area contributed by atoms with Crippen molar-refractivity contribution in [3.63, 3.8) is 0 Å². The van der Waals surface area contributed by atoms with Crippen LogP contribution in [0.15, 0.2) is 36.4 Å². The highest BCUT2D eigenvalue weighted by molar-refractivity contribution is 5.92. The van der Waals surface area contributed by atoms with E-state index in [1.165, 1.54) is 5.56 Å². The first-order chi connectivity index (χ1) is 13.0. The molecule has 1 amide bonds. The summed E-state index contributed by atoms with van der Waals surface area (Å²) in [5.74, 6) is 1.87. The van der Waals surface area contributed by atoms with Gasteiger partial charge >= 0.3 is 0 Å².